The number of aromatic nitrogens is 2. The lowest BCUT2D eigenvalue weighted by Crippen LogP contribution is -2.14. The molecule has 0 saturated heterocycles. The number of nitrogens with one attached hydrogen (secondary N) is 2. The minimum atomic E-state index is -0.701. The van der Waals surface area contributed by atoms with Gasteiger partial charge in [-0.3, -0.25) is 20.0 Å². The number of hydrogen-bond acceptors (Lipinski definition) is 4. The summed E-state index contributed by atoms with van der Waals surface area (Å²) in [6.45, 7) is 0. The van der Waals surface area contributed by atoms with E-state index >= 15 is 0 Å². The highest BCUT2D eigenvalue weighted by molar-refractivity contribution is 6.42. The van der Waals surface area contributed by atoms with Crippen LogP contribution >= 0.6 is 23.2 Å². The molecular weight excluding hydrogens is 295 g/mol. The Morgan fingerprint density at radius 2 is 2.11 bits per heavy atom. The van der Waals surface area contributed by atoms with Crippen LogP contribution in [0, 0.1) is 10.1 Å². The topological polar surface area (TPSA) is 101 Å². The second kappa shape index (κ2) is 5.25. The van der Waals surface area contributed by atoms with Crippen molar-refractivity contribution in [1.29, 1.82) is 0 Å². The van der Waals surface area contributed by atoms with E-state index in [1.165, 1.54) is 18.2 Å². The van der Waals surface area contributed by atoms with E-state index in [1.807, 2.05) is 0 Å². The van der Waals surface area contributed by atoms with Crippen LogP contribution in [0.1, 0.15) is 10.5 Å². The molecular formula is C10H6Cl2N4O3. The van der Waals surface area contributed by atoms with Gasteiger partial charge in [-0.1, -0.05) is 23.2 Å². The number of nitro groups is 1. The SMILES string of the molecule is O=C(Nc1ccc(Cl)c(Cl)c1)c1[nH]ncc1[N+](=O)[O-]. The van der Waals surface area contributed by atoms with E-state index < -0.39 is 16.5 Å². The maximum Gasteiger partial charge on any atom is 0.319 e. The molecule has 0 aliphatic heterocycles. The van der Waals surface area contributed by atoms with Crippen molar-refractivity contribution >= 4 is 40.5 Å². The van der Waals surface area contributed by atoms with Crippen LogP contribution in [0.3, 0.4) is 0 Å². The van der Waals surface area contributed by atoms with Gasteiger partial charge >= 0.3 is 5.69 Å². The molecule has 0 unspecified atom stereocenters. The van der Waals surface area contributed by atoms with Gasteiger partial charge in [-0.15, -0.1) is 0 Å². The van der Waals surface area contributed by atoms with Gasteiger partial charge in [-0.2, -0.15) is 5.10 Å². The average Bonchev–Trinajstić information content (AvgIpc) is 2.83. The first kappa shape index (κ1) is 13.3. The van der Waals surface area contributed by atoms with E-state index in [2.05, 4.69) is 15.5 Å². The zero-order valence-electron chi connectivity index (χ0n) is 9.18. The molecule has 19 heavy (non-hydrogen) atoms. The van der Waals surface area contributed by atoms with E-state index in [0.717, 1.165) is 6.20 Å². The molecule has 0 spiro atoms. The summed E-state index contributed by atoms with van der Waals surface area (Å²) in [5.41, 5.74) is -0.281. The number of benzene rings is 1. The normalized spacial score (nSPS) is 10.2. The zero-order valence-corrected chi connectivity index (χ0v) is 10.7. The van der Waals surface area contributed by atoms with Gasteiger partial charge < -0.3 is 5.32 Å². The summed E-state index contributed by atoms with van der Waals surface area (Å²) in [6.07, 6.45) is 0.962. The summed E-state index contributed by atoms with van der Waals surface area (Å²) in [5.74, 6) is -0.692. The average molecular weight is 301 g/mol. The maximum atomic E-state index is 11.8. The Kier molecular flexibility index (Phi) is 3.68. The molecule has 1 aromatic heterocycles. The standard InChI is InChI=1S/C10H6Cl2N4O3/c11-6-2-1-5(3-7(6)12)14-10(17)9-8(16(18)19)4-13-15-9/h1-4H,(H,13,15)(H,14,17). The van der Waals surface area contributed by atoms with Gasteiger partial charge in [0.25, 0.3) is 5.91 Å². The molecule has 2 N–H and O–H groups in total. The number of rotatable bonds is 3. The number of halogens is 2. The molecule has 0 atom stereocenters. The van der Waals surface area contributed by atoms with Crippen molar-refractivity contribution in [2.45, 2.75) is 0 Å². The number of hydrogen-bond donors (Lipinski definition) is 2. The Morgan fingerprint density at radius 3 is 2.74 bits per heavy atom. The predicted octanol–water partition coefficient (Wildman–Crippen LogP) is 2.88. The van der Waals surface area contributed by atoms with Gasteiger partial charge in [0.1, 0.15) is 6.20 Å². The van der Waals surface area contributed by atoms with Crippen molar-refractivity contribution < 1.29 is 9.72 Å². The summed E-state index contributed by atoms with van der Waals surface area (Å²) in [5, 5.41) is 19.5. The van der Waals surface area contributed by atoms with Crippen LogP contribution in [-0.2, 0) is 0 Å². The number of carbonyl (C=O) groups excluding carboxylic acids is 1. The van der Waals surface area contributed by atoms with Crippen molar-refractivity contribution in [3.8, 4) is 0 Å². The Hall–Kier alpha value is -2.12. The van der Waals surface area contributed by atoms with E-state index in [9.17, 15) is 14.9 Å². The Bertz CT molecular complexity index is 656. The van der Waals surface area contributed by atoms with Gasteiger partial charge in [0, 0.05) is 5.69 Å². The zero-order chi connectivity index (χ0) is 14.0. The lowest BCUT2D eigenvalue weighted by molar-refractivity contribution is -0.385. The van der Waals surface area contributed by atoms with Crippen molar-refractivity contribution in [2.24, 2.45) is 0 Å². The van der Waals surface area contributed by atoms with Gasteiger partial charge in [0.2, 0.25) is 5.69 Å². The van der Waals surface area contributed by atoms with Crippen LogP contribution in [0.2, 0.25) is 10.0 Å². The summed E-state index contributed by atoms with van der Waals surface area (Å²) in [6, 6.07) is 4.46. The first-order valence-corrected chi connectivity index (χ1v) is 5.69. The van der Waals surface area contributed by atoms with Gasteiger partial charge in [-0.05, 0) is 18.2 Å². The molecule has 0 fully saturated rings. The van der Waals surface area contributed by atoms with Gasteiger partial charge in [0.05, 0.1) is 15.0 Å². The molecule has 9 heteroatoms. The number of anilines is 1. The van der Waals surface area contributed by atoms with Crippen molar-refractivity contribution in [3.63, 3.8) is 0 Å². The smallest absolute Gasteiger partial charge is 0.319 e. The molecule has 2 aromatic rings. The van der Waals surface area contributed by atoms with Crippen LogP contribution in [0.15, 0.2) is 24.4 Å². The van der Waals surface area contributed by atoms with Crippen LogP contribution in [0.5, 0.6) is 0 Å². The van der Waals surface area contributed by atoms with Crippen LogP contribution in [0.25, 0.3) is 0 Å². The molecule has 0 saturated carbocycles. The molecule has 7 nitrogen and oxygen atoms in total. The Balaban J connectivity index is 2.23. The third-order valence-electron chi connectivity index (χ3n) is 2.22. The van der Waals surface area contributed by atoms with E-state index in [-0.39, 0.29) is 10.7 Å². The highest BCUT2D eigenvalue weighted by Gasteiger charge is 2.22. The largest absolute Gasteiger partial charge is 0.320 e. The maximum absolute atomic E-state index is 11.8. The summed E-state index contributed by atoms with van der Waals surface area (Å²) >= 11 is 11.5. The fraction of sp³-hybridized carbons (Fsp3) is 0. The minimum Gasteiger partial charge on any atom is -0.320 e. The highest BCUT2D eigenvalue weighted by Crippen LogP contribution is 2.25. The Labute approximate surface area is 116 Å². The second-order valence-electron chi connectivity index (χ2n) is 3.47. The van der Waals surface area contributed by atoms with Gasteiger partial charge in [-0.25, -0.2) is 0 Å². The second-order valence-corrected chi connectivity index (χ2v) is 4.28. The summed E-state index contributed by atoms with van der Waals surface area (Å²) in [7, 11) is 0. The first-order chi connectivity index (χ1) is 8.99. The van der Waals surface area contributed by atoms with Crippen molar-refractivity contribution in [1.82, 2.24) is 10.2 Å². The van der Waals surface area contributed by atoms with E-state index in [0.29, 0.717) is 10.7 Å². The minimum absolute atomic E-state index is 0.240. The van der Waals surface area contributed by atoms with Crippen LogP contribution in [-0.4, -0.2) is 21.0 Å². The fourth-order valence-corrected chi connectivity index (χ4v) is 1.65. The predicted molar refractivity (Wildman–Crippen MR) is 69.7 cm³/mol. The lowest BCUT2D eigenvalue weighted by Gasteiger charge is -2.04. The lowest BCUT2D eigenvalue weighted by atomic mass is 10.3. The molecule has 0 aliphatic carbocycles. The van der Waals surface area contributed by atoms with E-state index in [4.69, 9.17) is 23.2 Å². The van der Waals surface area contributed by atoms with Crippen LogP contribution < -0.4 is 5.32 Å². The van der Waals surface area contributed by atoms with E-state index in [1.54, 1.807) is 0 Å². The number of aromatic amines is 1. The summed E-state index contributed by atoms with van der Waals surface area (Å²) in [4.78, 5) is 21.8. The molecule has 1 amide bonds. The molecule has 0 aliphatic rings. The molecule has 0 radical (unpaired) electrons. The van der Waals surface area contributed by atoms with Crippen molar-refractivity contribution in [3.05, 3.63) is 50.2 Å². The third-order valence-corrected chi connectivity index (χ3v) is 2.96. The third kappa shape index (κ3) is 2.83. The number of amides is 1. The number of H-pyrrole nitrogens is 1. The molecule has 1 aromatic carbocycles. The Morgan fingerprint density at radius 1 is 1.37 bits per heavy atom. The molecule has 1 heterocycles. The molecule has 98 valence electrons. The number of nitrogens with zero attached hydrogens (tertiary/aromatic N) is 2. The fourth-order valence-electron chi connectivity index (χ4n) is 1.35. The van der Waals surface area contributed by atoms with Crippen molar-refractivity contribution in [2.75, 3.05) is 5.32 Å². The van der Waals surface area contributed by atoms with Gasteiger partial charge in [0.15, 0.2) is 0 Å². The highest BCUT2D eigenvalue weighted by atomic mass is 35.5. The summed E-state index contributed by atoms with van der Waals surface area (Å²) < 4.78 is 0. The quantitative estimate of drug-likeness (QED) is 0.672. The van der Waals surface area contributed by atoms with Crippen LogP contribution in [0.4, 0.5) is 11.4 Å². The molecule has 2 rings (SSSR count). The monoisotopic (exact) mass is 300 g/mol. The number of carbonyl (C=O) groups is 1. The molecule has 0 bridgehead atoms. The first-order valence-electron chi connectivity index (χ1n) is 4.93.